The summed E-state index contributed by atoms with van der Waals surface area (Å²) >= 11 is 0. The second-order valence-corrected chi connectivity index (χ2v) is 5.64. The molecule has 0 N–H and O–H groups in total. The van der Waals surface area contributed by atoms with E-state index in [1.807, 2.05) is 6.07 Å². The molecule has 0 bridgehead atoms. The summed E-state index contributed by atoms with van der Waals surface area (Å²) in [4.78, 5) is 8.98. The average molecular weight is 296 g/mol. The van der Waals surface area contributed by atoms with Gasteiger partial charge in [0.25, 0.3) is 0 Å². The van der Waals surface area contributed by atoms with Crippen molar-refractivity contribution in [1.82, 2.24) is 9.97 Å². The summed E-state index contributed by atoms with van der Waals surface area (Å²) in [5.41, 5.74) is 6.69. The number of para-hydroxylation sites is 1. The van der Waals surface area contributed by atoms with Gasteiger partial charge in [0.1, 0.15) is 6.33 Å². The molecule has 4 rings (SSSR count). The Morgan fingerprint density at radius 3 is 2.26 bits per heavy atom. The monoisotopic (exact) mass is 296 g/mol. The van der Waals surface area contributed by atoms with Gasteiger partial charge in [0.05, 0.1) is 11.2 Å². The van der Waals surface area contributed by atoms with Crippen LogP contribution in [0.5, 0.6) is 0 Å². The number of nitrogens with zero attached hydrogens (tertiary/aromatic N) is 2. The summed E-state index contributed by atoms with van der Waals surface area (Å²) < 4.78 is 0. The van der Waals surface area contributed by atoms with E-state index < -0.39 is 0 Å². The molecule has 0 aliphatic carbocycles. The standard InChI is InChI=1S/C21H16N2/c1-15-7-5-12-19-20(15)22-14-23-21(19)18-11-6-10-17(13-18)16-8-3-2-4-9-16/h2-14H,1H3. The number of rotatable bonds is 2. The minimum absolute atomic E-state index is 0.983. The molecule has 0 saturated heterocycles. The van der Waals surface area contributed by atoms with Gasteiger partial charge in [-0.1, -0.05) is 66.7 Å². The minimum atomic E-state index is 0.983. The van der Waals surface area contributed by atoms with Crippen molar-refractivity contribution in [2.45, 2.75) is 6.92 Å². The zero-order valence-electron chi connectivity index (χ0n) is 12.9. The van der Waals surface area contributed by atoms with Crippen LogP contribution in [0.4, 0.5) is 0 Å². The molecule has 3 aromatic carbocycles. The Kier molecular flexibility index (Phi) is 3.35. The van der Waals surface area contributed by atoms with Gasteiger partial charge in [-0.3, -0.25) is 0 Å². The third-order valence-electron chi connectivity index (χ3n) is 4.11. The molecule has 0 aliphatic rings. The van der Waals surface area contributed by atoms with Crippen LogP contribution in [0.25, 0.3) is 33.3 Å². The summed E-state index contributed by atoms with van der Waals surface area (Å²) in [5.74, 6) is 0. The van der Waals surface area contributed by atoms with E-state index in [0.717, 1.165) is 22.2 Å². The molecule has 0 spiro atoms. The van der Waals surface area contributed by atoms with Crippen LogP contribution in [0.2, 0.25) is 0 Å². The van der Waals surface area contributed by atoms with Crippen molar-refractivity contribution in [2.75, 3.05) is 0 Å². The van der Waals surface area contributed by atoms with Gasteiger partial charge in [0, 0.05) is 10.9 Å². The highest BCUT2D eigenvalue weighted by atomic mass is 14.8. The van der Waals surface area contributed by atoms with Crippen LogP contribution in [-0.4, -0.2) is 9.97 Å². The van der Waals surface area contributed by atoms with E-state index in [9.17, 15) is 0 Å². The molecule has 0 saturated carbocycles. The normalized spacial score (nSPS) is 10.8. The number of fused-ring (bicyclic) bond motifs is 1. The summed E-state index contributed by atoms with van der Waals surface area (Å²) in [6.45, 7) is 2.08. The first kappa shape index (κ1) is 13.6. The van der Waals surface area contributed by atoms with Crippen LogP contribution < -0.4 is 0 Å². The van der Waals surface area contributed by atoms with Crippen LogP contribution in [0.1, 0.15) is 5.56 Å². The van der Waals surface area contributed by atoms with Crippen LogP contribution in [0.3, 0.4) is 0 Å². The van der Waals surface area contributed by atoms with Crippen molar-refractivity contribution < 1.29 is 0 Å². The maximum Gasteiger partial charge on any atom is 0.116 e. The molecule has 1 aromatic heterocycles. The van der Waals surface area contributed by atoms with E-state index in [0.29, 0.717) is 0 Å². The summed E-state index contributed by atoms with van der Waals surface area (Å²) in [5, 5.41) is 1.10. The number of benzene rings is 3. The van der Waals surface area contributed by atoms with Gasteiger partial charge in [-0.05, 0) is 29.7 Å². The van der Waals surface area contributed by atoms with E-state index in [1.165, 1.54) is 16.7 Å². The highest BCUT2D eigenvalue weighted by molar-refractivity contribution is 5.94. The lowest BCUT2D eigenvalue weighted by molar-refractivity contribution is 1.21. The van der Waals surface area contributed by atoms with E-state index in [1.54, 1.807) is 6.33 Å². The van der Waals surface area contributed by atoms with Gasteiger partial charge < -0.3 is 0 Å². The van der Waals surface area contributed by atoms with E-state index in [-0.39, 0.29) is 0 Å². The molecule has 4 aromatic rings. The van der Waals surface area contributed by atoms with Gasteiger partial charge in [0.2, 0.25) is 0 Å². The zero-order valence-corrected chi connectivity index (χ0v) is 12.9. The molecule has 1 heterocycles. The minimum Gasteiger partial charge on any atom is -0.236 e. The quantitative estimate of drug-likeness (QED) is 0.503. The molecule has 0 amide bonds. The Balaban J connectivity index is 1.91. The molecule has 110 valence electrons. The maximum atomic E-state index is 4.54. The Morgan fingerprint density at radius 2 is 1.39 bits per heavy atom. The Bertz CT molecular complexity index is 975. The topological polar surface area (TPSA) is 25.8 Å². The molecule has 0 radical (unpaired) electrons. The first-order valence-corrected chi connectivity index (χ1v) is 7.69. The molecule has 2 nitrogen and oxygen atoms in total. The first-order chi connectivity index (χ1) is 11.3. The van der Waals surface area contributed by atoms with Crippen molar-refractivity contribution >= 4 is 10.9 Å². The fraction of sp³-hybridized carbons (Fsp3) is 0.0476. The average Bonchev–Trinajstić information content (AvgIpc) is 2.63. The summed E-state index contributed by atoms with van der Waals surface area (Å²) in [6, 6.07) is 25.2. The van der Waals surface area contributed by atoms with Crippen molar-refractivity contribution in [3.63, 3.8) is 0 Å². The largest absolute Gasteiger partial charge is 0.236 e. The van der Waals surface area contributed by atoms with Crippen molar-refractivity contribution in [2.24, 2.45) is 0 Å². The first-order valence-electron chi connectivity index (χ1n) is 7.69. The van der Waals surface area contributed by atoms with Gasteiger partial charge in [-0.2, -0.15) is 0 Å². The predicted molar refractivity (Wildman–Crippen MR) is 95.1 cm³/mol. The van der Waals surface area contributed by atoms with E-state index in [2.05, 4.69) is 83.6 Å². The molecule has 23 heavy (non-hydrogen) atoms. The molecular formula is C21H16N2. The highest BCUT2D eigenvalue weighted by Gasteiger charge is 2.08. The number of hydrogen-bond acceptors (Lipinski definition) is 2. The lowest BCUT2D eigenvalue weighted by atomic mass is 9.99. The van der Waals surface area contributed by atoms with Crippen molar-refractivity contribution in [3.05, 3.63) is 84.7 Å². The molecule has 0 aliphatic heterocycles. The molecule has 2 heteroatoms. The van der Waals surface area contributed by atoms with Crippen molar-refractivity contribution in [1.29, 1.82) is 0 Å². The third-order valence-corrected chi connectivity index (χ3v) is 4.11. The van der Waals surface area contributed by atoms with E-state index in [4.69, 9.17) is 0 Å². The number of aryl methyl sites for hydroxylation is 1. The smallest absolute Gasteiger partial charge is 0.116 e. The van der Waals surface area contributed by atoms with Crippen LogP contribution >= 0.6 is 0 Å². The Morgan fingerprint density at radius 1 is 0.652 bits per heavy atom. The van der Waals surface area contributed by atoms with Crippen LogP contribution in [0, 0.1) is 6.92 Å². The number of hydrogen-bond donors (Lipinski definition) is 0. The SMILES string of the molecule is Cc1cccc2c(-c3cccc(-c4ccccc4)c3)ncnc12. The zero-order chi connectivity index (χ0) is 15.6. The van der Waals surface area contributed by atoms with Crippen LogP contribution in [0.15, 0.2) is 79.1 Å². The van der Waals surface area contributed by atoms with Gasteiger partial charge in [-0.25, -0.2) is 9.97 Å². The third kappa shape index (κ3) is 2.49. The summed E-state index contributed by atoms with van der Waals surface area (Å²) in [7, 11) is 0. The highest BCUT2D eigenvalue weighted by Crippen LogP contribution is 2.30. The lowest BCUT2D eigenvalue weighted by Crippen LogP contribution is -1.91. The van der Waals surface area contributed by atoms with Gasteiger partial charge in [0.15, 0.2) is 0 Å². The predicted octanol–water partition coefficient (Wildman–Crippen LogP) is 5.27. The number of aromatic nitrogens is 2. The van der Waals surface area contributed by atoms with Crippen LogP contribution in [-0.2, 0) is 0 Å². The fourth-order valence-electron chi connectivity index (χ4n) is 2.94. The Labute approximate surface area is 135 Å². The Hall–Kier alpha value is -3.00. The molecular weight excluding hydrogens is 280 g/mol. The fourth-order valence-corrected chi connectivity index (χ4v) is 2.94. The van der Waals surface area contributed by atoms with E-state index >= 15 is 0 Å². The summed E-state index contributed by atoms with van der Waals surface area (Å²) in [6.07, 6.45) is 1.65. The second-order valence-electron chi connectivity index (χ2n) is 5.64. The molecule has 0 fully saturated rings. The van der Waals surface area contributed by atoms with Gasteiger partial charge >= 0.3 is 0 Å². The lowest BCUT2D eigenvalue weighted by Gasteiger charge is -2.09. The van der Waals surface area contributed by atoms with Gasteiger partial charge in [-0.15, -0.1) is 0 Å². The second kappa shape index (κ2) is 5.65. The molecule has 0 unspecified atom stereocenters. The molecule has 0 atom stereocenters. The van der Waals surface area contributed by atoms with Crippen molar-refractivity contribution in [3.8, 4) is 22.4 Å². The maximum absolute atomic E-state index is 4.54.